The lowest BCUT2D eigenvalue weighted by Crippen LogP contribution is -2.49. The number of nitrogens with one attached hydrogen (secondary N) is 1. The highest BCUT2D eigenvalue weighted by Gasteiger charge is 2.44. The van der Waals surface area contributed by atoms with E-state index in [1.807, 2.05) is 12.1 Å². The van der Waals surface area contributed by atoms with Crippen molar-refractivity contribution in [1.82, 2.24) is 4.72 Å². The van der Waals surface area contributed by atoms with E-state index in [0.717, 1.165) is 49.2 Å². The minimum absolute atomic E-state index is 0.197. The van der Waals surface area contributed by atoms with Gasteiger partial charge >= 0.3 is 0 Å². The van der Waals surface area contributed by atoms with E-state index >= 15 is 0 Å². The summed E-state index contributed by atoms with van der Waals surface area (Å²) in [7, 11) is -3.92. The maximum absolute atomic E-state index is 13.3. The van der Waals surface area contributed by atoms with Crippen molar-refractivity contribution in [1.29, 1.82) is 0 Å². The molecule has 0 aromatic heterocycles. The fourth-order valence-corrected chi connectivity index (χ4v) is 8.56. The van der Waals surface area contributed by atoms with Crippen molar-refractivity contribution in [3.63, 3.8) is 0 Å². The molecule has 1 aliphatic heterocycles. The number of aliphatic hydroxyl groups excluding tert-OH is 1. The molecule has 2 aromatic rings. The molecule has 2 aliphatic carbocycles. The molecule has 1 saturated carbocycles. The first-order valence-electron chi connectivity index (χ1n) is 15.4. The van der Waals surface area contributed by atoms with Crippen molar-refractivity contribution in [3.8, 4) is 5.75 Å². The van der Waals surface area contributed by atoms with Crippen LogP contribution in [0.15, 0.2) is 61.7 Å². The Bertz CT molecular complexity index is 1480. The third-order valence-electron chi connectivity index (χ3n) is 9.69. The van der Waals surface area contributed by atoms with Crippen LogP contribution >= 0.6 is 11.6 Å². The molecule has 0 bridgehead atoms. The van der Waals surface area contributed by atoms with E-state index in [2.05, 4.69) is 34.9 Å². The van der Waals surface area contributed by atoms with Crippen molar-refractivity contribution in [3.05, 3.63) is 83.4 Å². The zero-order chi connectivity index (χ0) is 30.8. The number of halogens is 1. The van der Waals surface area contributed by atoms with E-state index in [9.17, 15) is 18.3 Å². The van der Waals surface area contributed by atoms with Crippen molar-refractivity contribution in [2.24, 2.45) is 11.8 Å². The van der Waals surface area contributed by atoms with E-state index in [4.69, 9.17) is 16.3 Å². The van der Waals surface area contributed by atoms with Crippen molar-refractivity contribution in [2.75, 3.05) is 24.6 Å². The first-order valence-corrected chi connectivity index (χ1v) is 17.3. The van der Waals surface area contributed by atoms with Crippen LogP contribution in [-0.2, 0) is 21.9 Å². The molecule has 0 unspecified atom stereocenters. The molecule has 2 N–H and O–H groups in total. The Labute approximate surface area is 261 Å². The summed E-state index contributed by atoms with van der Waals surface area (Å²) in [6, 6.07) is 11.3. The lowest BCUT2D eigenvalue weighted by molar-refractivity contribution is 0.0112. The van der Waals surface area contributed by atoms with Gasteiger partial charge in [-0.2, -0.15) is 0 Å². The Morgan fingerprint density at radius 3 is 2.77 bits per heavy atom. The number of rotatable bonds is 11. The molecule has 5 atom stereocenters. The highest BCUT2D eigenvalue weighted by atomic mass is 35.5. The molecule has 9 heteroatoms. The van der Waals surface area contributed by atoms with Gasteiger partial charge in [-0.3, -0.25) is 4.79 Å². The first-order chi connectivity index (χ1) is 20.6. The molecule has 1 amide bonds. The molecule has 1 fully saturated rings. The number of anilines is 1. The van der Waals surface area contributed by atoms with Crippen molar-refractivity contribution >= 4 is 33.2 Å². The average Bonchev–Trinajstić information content (AvgIpc) is 3.11. The maximum atomic E-state index is 13.3. The van der Waals surface area contributed by atoms with Gasteiger partial charge in [-0.05, 0) is 105 Å². The van der Waals surface area contributed by atoms with Crippen LogP contribution in [0.1, 0.15) is 73.4 Å². The van der Waals surface area contributed by atoms with Crippen LogP contribution in [0.2, 0.25) is 5.02 Å². The first kappa shape index (κ1) is 31.6. The second-order valence-electron chi connectivity index (χ2n) is 12.4. The van der Waals surface area contributed by atoms with E-state index in [0.29, 0.717) is 38.3 Å². The van der Waals surface area contributed by atoms with Crippen LogP contribution in [0, 0.1) is 11.8 Å². The molecule has 1 spiro atoms. The average molecular weight is 627 g/mol. The number of hydrogen-bond acceptors (Lipinski definition) is 6. The van der Waals surface area contributed by atoms with Gasteiger partial charge < -0.3 is 14.7 Å². The number of carbonyl (C=O) groups is 1. The molecule has 1 heterocycles. The van der Waals surface area contributed by atoms with Gasteiger partial charge in [0.05, 0.1) is 23.6 Å². The molecule has 2 aromatic carbocycles. The Morgan fingerprint density at radius 1 is 1.26 bits per heavy atom. The largest absolute Gasteiger partial charge is 0.490 e. The number of hydrogen-bond donors (Lipinski definition) is 2. The lowest BCUT2D eigenvalue weighted by atomic mass is 9.68. The van der Waals surface area contributed by atoms with E-state index < -0.39 is 21.2 Å². The van der Waals surface area contributed by atoms with Gasteiger partial charge in [0, 0.05) is 29.1 Å². The molecular weight excluding hydrogens is 584 g/mol. The topological polar surface area (TPSA) is 95.9 Å². The maximum Gasteiger partial charge on any atom is 0.264 e. The predicted octanol–water partition coefficient (Wildman–Crippen LogP) is 6.19. The standard InChI is InChI=1S/C34H43ClN2O5S/c1-4-7-10-31(38)28-14-11-25(28)20-37-21-34(17-8-9-23-18-26(35)13-15-29(23)34)22-42-32-16-12-24(19-30(32)37)33(39)36-43(40,41)27(5-2)6-3/h4-5,12-13,15-16,18-19,25,27-28,31,38H,1-2,6-11,14,17,20-22H2,3H3,(H,36,39)/t25-,27+,28+,31-,34-/m0/s1. The molecule has 5 rings (SSSR count). The van der Waals surface area contributed by atoms with Crippen LogP contribution in [0.3, 0.4) is 0 Å². The number of benzene rings is 2. The highest BCUT2D eigenvalue weighted by Crippen LogP contribution is 2.46. The number of carbonyl (C=O) groups excluding carboxylic acids is 1. The van der Waals surface area contributed by atoms with Crippen LogP contribution in [0.5, 0.6) is 5.75 Å². The smallest absolute Gasteiger partial charge is 0.264 e. The number of sulfonamides is 1. The van der Waals surface area contributed by atoms with Crippen LogP contribution in [-0.4, -0.2) is 50.5 Å². The van der Waals surface area contributed by atoms with Gasteiger partial charge in [0.1, 0.15) is 5.75 Å². The van der Waals surface area contributed by atoms with Crippen LogP contribution in [0.4, 0.5) is 5.69 Å². The third-order valence-corrected chi connectivity index (χ3v) is 11.7. The molecule has 0 saturated heterocycles. The summed E-state index contributed by atoms with van der Waals surface area (Å²) in [4.78, 5) is 15.6. The number of ether oxygens (including phenoxy) is 1. The Morgan fingerprint density at radius 2 is 2.07 bits per heavy atom. The van der Waals surface area contributed by atoms with Gasteiger partial charge in [0.2, 0.25) is 10.0 Å². The summed E-state index contributed by atoms with van der Waals surface area (Å²) in [6.45, 7) is 11.0. The molecular formula is C34H43ClN2O5S. The number of aliphatic hydroxyl groups is 1. The van der Waals surface area contributed by atoms with Gasteiger partial charge in [-0.25, -0.2) is 13.1 Å². The summed E-state index contributed by atoms with van der Waals surface area (Å²) in [6.07, 6.45) is 9.52. The number of allylic oxidation sites excluding steroid dienone is 1. The highest BCUT2D eigenvalue weighted by molar-refractivity contribution is 7.90. The van der Waals surface area contributed by atoms with Crippen LogP contribution < -0.4 is 14.4 Å². The lowest BCUT2D eigenvalue weighted by Gasteiger charge is -2.45. The van der Waals surface area contributed by atoms with Crippen LogP contribution in [0.25, 0.3) is 0 Å². The second kappa shape index (κ2) is 13.0. The second-order valence-corrected chi connectivity index (χ2v) is 14.7. The van der Waals surface area contributed by atoms with E-state index in [1.165, 1.54) is 17.2 Å². The Hall–Kier alpha value is -2.81. The summed E-state index contributed by atoms with van der Waals surface area (Å²) in [5.41, 5.74) is 3.23. The number of fused-ring (bicyclic) bond motifs is 3. The normalized spacial score (nSPS) is 24.4. The van der Waals surface area contributed by atoms with Gasteiger partial charge in [0.15, 0.2) is 0 Å². The van der Waals surface area contributed by atoms with Gasteiger partial charge in [-0.1, -0.05) is 36.7 Å². The molecule has 43 heavy (non-hydrogen) atoms. The molecule has 0 radical (unpaired) electrons. The zero-order valence-electron chi connectivity index (χ0n) is 24.9. The van der Waals surface area contributed by atoms with E-state index in [-0.39, 0.29) is 28.9 Å². The predicted molar refractivity (Wildman–Crippen MR) is 173 cm³/mol. The zero-order valence-corrected chi connectivity index (χ0v) is 26.5. The van der Waals surface area contributed by atoms with Gasteiger partial charge in [0.25, 0.3) is 5.91 Å². The number of amides is 1. The summed E-state index contributed by atoms with van der Waals surface area (Å²) in [5.74, 6) is 0.466. The molecule has 3 aliphatic rings. The molecule has 7 nitrogen and oxygen atoms in total. The minimum atomic E-state index is -3.92. The SMILES string of the molecule is C=CCC[C@H](O)[C@@H]1CC[C@H]1CN1C[C@@]2(CCCc3cc(Cl)ccc32)COc2ccc(C(=O)NS(=O)(=O)[C@H](C=C)CC)cc21. The summed E-state index contributed by atoms with van der Waals surface area (Å²) >= 11 is 6.39. The molecule has 232 valence electrons. The third kappa shape index (κ3) is 6.52. The fourth-order valence-electron chi connectivity index (χ4n) is 7.15. The van der Waals surface area contributed by atoms with Crippen molar-refractivity contribution in [2.45, 2.75) is 75.1 Å². The van der Waals surface area contributed by atoms with E-state index in [1.54, 1.807) is 25.1 Å². The monoisotopic (exact) mass is 626 g/mol. The van der Waals surface area contributed by atoms with Gasteiger partial charge in [-0.15, -0.1) is 13.2 Å². The number of nitrogens with zero attached hydrogens (tertiary/aromatic N) is 1. The quantitative estimate of drug-likeness (QED) is 0.289. The minimum Gasteiger partial charge on any atom is -0.490 e. The number of aryl methyl sites for hydroxylation is 1. The fraction of sp³-hybridized carbons (Fsp3) is 0.500. The van der Waals surface area contributed by atoms with Crippen molar-refractivity contribution < 1.29 is 23.1 Å². The summed E-state index contributed by atoms with van der Waals surface area (Å²) < 4.78 is 34.4. The Balaban J connectivity index is 1.49. The summed E-state index contributed by atoms with van der Waals surface area (Å²) in [5, 5.41) is 10.8. The Kier molecular flexibility index (Phi) is 9.59.